The van der Waals surface area contributed by atoms with Crippen molar-refractivity contribution in [3.05, 3.63) is 53.9 Å². The molecule has 0 atom stereocenters. The van der Waals surface area contributed by atoms with E-state index in [4.69, 9.17) is 9.84 Å². The van der Waals surface area contributed by atoms with Gasteiger partial charge in [0.1, 0.15) is 17.1 Å². The molecule has 0 spiro atoms. The molecule has 10 heteroatoms. The lowest BCUT2D eigenvalue weighted by Gasteiger charge is -2.31. The Kier molecular flexibility index (Phi) is 6.00. The molecule has 154 valence electrons. The first kappa shape index (κ1) is 20.6. The van der Waals surface area contributed by atoms with Gasteiger partial charge in [-0.1, -0.05) is 0 Å². The van der Waals surface area contributed by atoms with Gasteiger partial charge in [-0.25, -0.2) is 14.8 Å². The third-order valence-corrected chi connectivity index (χ3v) is 4.56. The molecular formula is C19H19F3N4O3. The van der Waals surface area contributed by atoms with Gasteiger partial charge in [0.2, 0.25) is 5.88 Å². The molecule has 0 saturated carbocycles. The molecule has 1 fully saturated rings. The van der Waals surface area contributed by atoms with E-state index in [1.54, 1.807) is 13.1 Å². The highest BCUT2D eigenvalue weighted by molar-refractivity contribution is 5.85. The van der Waals surface area contributed by atoms with E-state index in [9.17, 15) is 18.0 Å². The molecule has 0 bridgehead atoms. The van der Waals surface area contributed by atoms with Gasteiger partial charge in [-0.3, -0.25) is 4.98 Å². The second kappa shape index (κ2) is 8.46. The Morgan fingerprint density at radius 3 is 2.48 bits per heavy atom. The van der Waals surface area contributed by atoms with Crippen LogP contribution in [0.4, 0.5) is 13.2 Å². The maximum absolute atomic E-state index is 12.6. The Balaban J connectivity index is 1.70. The number of carboxylic acid groups (broad SMARTS) is 1. The third kappa shape index (κ3) is 5.21. The van der Waals surface area contributed by atoms with E-state index in [0.717, 1.165) is 12.3 Å². The van der Waals surface area contributed by atoms with Gasteiger partial charge in [0.25, 0.3) is 0 Å². The number of nitrogens with zero attached hydrogens (tertiary/aromatic N) is 4. The zero-order chi connectivity index (χ0) is 21.0. The first-order valence-electron chi connectivity index (χ1n) is 8.92. The number of hydrogen-bond acceptors (Lipinski definition) is 6. The van der Waals surface area contributed by atoms with E-state index in [2.05, 4.69) is 15.0 Å². The van der Waals surface area contributed by atoms with Crippen molar-refractivity contribution in [2.45, 2.75) is 31.9 Å². The lowest BCUT2D eigenvalue weighted by atomic mass is 9.93. The average Bonchev–Trinajstić information content (AvgIpc) is 2.69. The van der Waals surface area contributed by atoms with Gasteiger partial charge in [0.15, 0.2) is 0 Å². The molecule has 3 rings (SSSR count). The second-order valence-electron chi connectivity index (χ2n) is 6.65. The van der Waals surface area contributed by atoms with E-state index in [1.807, 2.05) is 4.90 Å². The maximum Gasteiger partial charge on any atom is 0.433 e. The zero-order valence-electron chi connectivity index (χ0n) is 15.6. The fourth-order valence-electron chi connectivity index (χ4n) is 3.05. The van der Waals surface area contributed by atoms with Crippen LogP contribution in [0.2, 0.25) is 0 Å². The summed E-state index contributed by atoms with van der Waals surface area (Å²) < 4.78 is 43.6. The third-order valence-electron chi connectivity index (χ3n) is 4.56. The smallest absolute Gasteiger partial charge is 0.433 e. The fraction of sp³-hybridized carbons (Fsp3) is 0.368. The van der Waals surface area contributed by atoms with E-state index in [0.29, 0.717) is 31.6 Å². The van der Waals surface area contributed by atoms with Crippen molar-refractivity contribution in [2.75, 3.05) is 13.1 Å². The molecule has 0 aliphatic carbocycles. The zero-order valence-corrected chi connectivity index (χ0v) is 15.6. The van der Waals surface area contributed by atoms with Gasteiger partial charge in [-0.2, -0.15) is 13.2 Å². The SMILES string of the molecule is CC(=CN1CCC(c2nccnc2Oc2ccc(C(F)(F)F)nc2)CC1)C(=O)O. The van der Waals surface area contributed by atoms with Crippen LogP contribution in [0.1, 0.15) is 37.1 Å². The number of hydrogen-bond donors (Lipinski definition) is 1. The number of likely N-dealkylation sites (tertiary alicyclic amines) is 1. The van der Waals surface area contributed by atoms with Crippen LogP contribution in [0.3, 0.4) is 0 Å². The number of aromatic nitrogens is 3. The highest BCUT2D eigenvalue weighted by Crippen LogP contribution is 2.34. The number of halogens is 3. The summed E-state index contributed by atoms with van der Waals surface area (Å²) in [6, 6.07) is 2.04. The largest absolute Gasteiger partial charge is 0.478 e. The molecule has 29 heavy (non-hydrogen) atoms. The van der Waals surface area contributed by atoms with Crippen LogP contribution in [0.15, 0.2) is 42.5 Å². The Hall–Kier alpha value is -3.17. The van der Waals surface area contributed by atoms with Crippen LogP contribution in [0.5, 0.6) is 11.6 Å². The van der Waals surface area contributed by atoms with Crippen molar-refractivity contribution in [3.63, 3.8) is 0 Å². The molecule has 3 heterocycles. The van der Waals surface area contributed by atoms with Crippen molar-refractivity contribution in [3.8, 4) is 11.6 Å². The average molecular weight is 408 g/mol. The topological polar surface area (TPSA) is 88.4 Å². The van der Waals surface area contributed by atoms with Gasteiger partial charge >= 0.3 is 12.1 Å². The minimum Gasteiger partial charge on any atom is -0.478 e. The number of rotatable bonds is 5. The first-order valence-corrected chi connectivity index (χ1v) is 8.92. The highest BCUT2D eigenvalue weighted by Gasteiger charge is 2.32. The summed E-state index contributed by atoms with van der Waals surface area (Å²) >= 11 is 0. The molecule has 2 aromatic heterocycles. The lowest BCUT2D eigenvalue weighted by molar-refractivity contribution is -0.141. The molecule has 0 aromatic carbocycles. The second-order valence-corrected chi connectivity index (χ2v) is 6.65. The van der Waals surface area contributed by atoms with Crippen molar-refractivity contribution in [1.82, 2.24) is 19.9 Å². The van der Waals surface area contributed by atoms with Gasteiger partial charge in [-0.15, -0.1) is 0 Å². The quantitative estimate of drug-likeness (QED) is 0.752. The van der Waals surface area contributed by atoms with Gasteiger partial charge in [0.05, 0.1) is 6.20 Å². The van der Waals surface area contributed by atoms with Crippen LogP contribution in [0.25, 0.3) is 0 Å². The van der Waals surface area contributed by atoms with Crippen LogP contribution in [0, 0.1) is 0 Å². The monoisotopic (exact) mass is 408 g/mol. The molecule has 1 saturated heterocycles. The molecule has 1 aliphatic rings. The highest BCUT2D eigenvalue weighted by atomic mass is 19.4. The van der Waals surface area contributed by atoms with Crippen molar-refractivity contribution in [2.24, 2.45) is 0 Å². The summed E-state index contributed by atoms with van der Waals surface area (Å²) in [5, 5.41) is 8.98. The Morgan fingerprint density at radius 2 is 1.90 bits per heavy atom. The van der Waals surface area contributed by atoms with E-state index in [-0.39, 0.29) is 23.1 Å². The summed E-state index contributed by atoms with van der Waals surface area (Å²) in [5.41, 5.74) is -0.117. The standard InChI is InChI=1S/C19H19F3N4O3/c1-12(18(27)28)11-26-8-4-13(5-9-26)16-17(24-7-6-23-16)29-14-2-3-15(25-10-14)19(20,21)22/h2-3,6-7,10-11,13H,4-5,8-9H2,1H3,(H,27,28). The summed E-state index contributed by atoms with van der Waals surface area (Å²) in [7, 11) is 0. The van der Waals surface area contributed by atoms with Crippen molar-refractivity contribution < 1.29 is 27.8 Å². The predicted molar refractivity (Wildman–Crippen MR) is 96.3 cm³/mol. The summed E-state index contributed by atoms with van der Waals surface area (Å²) in [5.74, 6) is -0.556. The number of carboxylic acids is 1. The number of aliphatic carboxylic acids is 1. The van der Waals surface area contributed by atoms with Crippen LogP contribution < -0.4 is 4.74 Å². The summed E-state index contributed by atoms with van der Waals surface area (Å²) in [6.45, 7) is 2.83. The number of pyridine rings is 1. The molecule has 0 unspecified atom stereocenters. The predicted octanol–water partition coefficient (Wildman–Crippen LogP) is 3.85. The van der Waals surface area contributed by atoms with Crippen molar-refractivity contribution >= 4 is 5.97 Å². The minimum absolute atomic E-state index is 0.0379. The number of piperidine rings is 1. The molecular weight excluding hydrogens is 389 g/mol. The van der Waals surface area contributed by atoms with Crippen molar-refractivity contribution in [1.29, 1.82) is 0 Å². The molecule has 2 aromatic rings. The number of carbonyl (C=O) groups is 1. The summed E-state index contributed by atoms with van der Waals surface area (Å²) in [4.78, 5) is 24.8. The van der Waals surface area contributed by atoms with E-state index < -0.39 is 17.8 Å². The van der Waals surface area contributed by atoms with E-state index >= 15 is 0 Å². The van der Waals surface area contributed by atoms with Crippen LogP contribution in [-0.2, 0) is 11.0 Å². The van der Waals surface area contributed by atoms with Gasteiger partial charge in [0, 0.05) is 43.2 Å². The molecule has 0 amide bonds. The maximum atomic E-state index is 12.6. The summed E-state index contributed by atoms with van der Waals surface area (Å²) in [6.07, 6.45) is 2.52. The number of alkyl halides is 3. The lowest BCUT2D eigenvalue weighted by Crippen LogP contribution is -2.30. The normalized spacial score (nSPS) is 16.0. The van der Waals surface area contributed by atoms with Gasteiger partial charge < -0.3 is 14.7 Å². The van der Waals surface area contributed by atoms with E-state index in [1.165, 1.54) is 18.5 Å². The van der Waals surface area contributed by atoms with Gasteiger partial charge in [-0.05, 0) is 31.9 Å². The Labute approximate surface area is 164 Å². The Bertz CT molecular complexity index is 892. The molecule has 0 radical (unpaired) electrons. The van der Waals surface area contributed by atoms with Crippen LogP contribution in [-0.4, -0.2) is 44.0 Å². The Morgan fingerprint density at radius 1 is 1.21 bits per heavy atom. The molecule has 7 nitrogen and oxygen atoms in total. The van der Waals surface area contributed by atoms with Crippen LogP contribution >= 0.6 is 0 Å². The number of ether oxygens (including phenoxy) is 1. The minimum atomic E-state index is -4.52. The molecule has 1 N–H and O–H groups in total. The fourth-order valence-corrected chi connectivity index (χ4v) is 3.05. The molecule has 1 aliphatic heterocycles. The first-order chi connectivity index (χ1) is 13.7.